The second-order valence-corrected chi connectivity index (χ2v) is 4.31. The minimum absolute atomic E-state index is 0. The van der Waals surface area contributed by atoms with Crippen LogP contribution in [0.3, 0.4) is 0 Å². The molecule has 2 aromatic rings. The van der Waals surface area contributed by atoms with E-state index < -0.39 is 11.6 Å². The zero-order valence-electron chi connectivity index (χ0n) is 9.98. The molecule has 2 aromatic carbocycles. The molecular weight excluding hydrogens is 340 g/mol. The molecule has 0 amide bonds. The van der Waals surface area contributed by atoms with Crippen LogP contribution in [0.2, 0.25) is 0 Å². The first kappa shape index (κ1) is 18.2. The standard InChI is InChI=1S/2C6H6FNS.Zn/c2*7-4-2-1-3-5(9)6(4)8;/h2*1-3,9H,8H2;. The number of halogens is 2. The van der Waals surface area contributed by atoms with Crippen LogP contribution in [0, 0.1) is 11.6 Å². The van der Waals surface area contributed by atoms with Crippen molar-refractivity contribution in [3.63, 3.8) is 0 Å². The molecule has 0 fully saturated rings. The van der Waals surface area contributed by atoms with Crippen molar-refractivity contribution in [3.8, 4) is 0 Å². The average molecular weight is 352 g/mol. The summed E-state index contributed by atoms with van der Waals surface area (Å²) in [5.41, 5.74) is 10.7. The Morgan fingerprint density at radius 3 is 1.26 bits per heavy atom. The summed E-state index contributed by atoms with van der Waals surface area (Å²) in [6.45, 7) is 0. The quantitative estimate of drug-likeness (QED) is 0.334. The van der Waals surface area contributed by atoms with Gasteiger partial charge in [-0.15, -0.1) is 25.3 Å². The summed E-state index contributed by atoms with van der Waals surface area (Å²) in [4.78, 5) is 0.963. The second-order valence-electron chi connectivity index (χ2n) is 3.35. The zero-order chi connectivity index (χ0) is 13.7. The molecular formula is C12H12F2N2S2Zn. The van der Waals surface area contributed by atoms with Crippen LogP contribution in [0.4, 0.5) is 20.2 Å². The summed E-state index contributed by atoms with van der Waals surface area (Å²) in [6.07, 6.45) is 0. The molecule has 0 aliphatic rings. The Hall–Kier alpha value is -0.777. The number of hydrogen-bond donors (Lipinski definition) is 4. The molecule has 98 valence electrons. The number of para-hydroxylation sites is 2. The summed E-state index contributed by atoms with van der Waals surface area (Å²) in [6, 6.07) is 9.01. The third-order valence-corrected chi connectivity index (χ3v) is 2.84. The molecule has 0 radical (unpaired) electrons. The summed E-state index contributed by atoms with van der Waals surface area (Å²) in [5, 5.41) is 0. The van der Waals surface area contributed by atoms with E-state index in [1.54, 1.807) is 24.3 Å². The number of thiol groups is 2. The van der Waals surface area contributed by atoms with Crippen LogP contribution < -0.4 is 11.5 Å². The Balaban J connectivity index is 0.000000324. The van der Waals surface area contributed by atoms with Gasteiger partial charge in [0.1, 0.15) is 11.6 Å². The van der Waals surface area contributed by atoms with Crippen LogP contribution in [-0.2, 0) is 19.5 Å². The summed E-state index contributed by atoms with van der Waals surface area (Å²) >= 11 is 7.81. The number of nitrogen functional groups attached to an aromatic ring is 2. The van der Waals surface area contributed by atoms with Crippen molar-refractivity contribution in [2.75, 3.05) is 11.5 Å². The monoisotopic (exact) mass is 350 g/mol. The van der Waals surface area contributed by atoms with Crippen LogP contribution >= 0.6 is 25.3 Å². The Labute approximate surface area is 134 Å². The maximum atomic E-state index is 12.4. The third kappa shape index (κ3) is 5.39. The smallest absolute Gasteiger partial charge is 0.147 e. The van der Waals surface area contributed by atoms with Gasteiger partial charge in [0.15, 0.2) is 0 Å². The van der Waals surface area contributed by atoms with Crippen molar-refractivity contribution in [3.05, 3.63) is 48.0 Å². The van der Waals surface area contributed by atoms with Crippen molar-refractivity contribution >= 4 is 36.6 Å². The maximum absolute atomic E-state index is 12.4. The number of anilines is 2. The number of nitrogens with two attached hydrogens (primary N) is 2. The Bertz CT molecular complexity index is 463. The first-order valence-electron chi connectivity index (χ1n) is 4.89. The molecule has 0 unspecified atom stereocenters. The van der Waals surface area contributed by atoms with Crippen LogP contribution in [0.15, 0.2) is 46.2 Å². The molecule has 0 aliphatic heterocycles. The molecule has 0 aliphatic carbocycles. The molecule has 2 rings (SSSR count). The van der Waals surface area contributed by atoms with Crippen LogP contribution in [0.1, 0.15) is 0 Å². The number of benzene rings is 2. The van der Waals surface area contributed by atoms with Gasteiger partial charge in [-0.2, -0.15) is 0 Å². The minimum atomic E-state index is -0.414. The molecule has 4 N–H and O–H groups in total. The fraction of sp³-hybridized carbons (Fsp3) is 0. The molecule has 0 aromatic heterocycles. The van der Waals surface area contributed by atoms with Gasteiger partial charge in [0.25, 0.3) is 0 Å². The van der Waals surface area contributed by atoms with E-state index in [0.717, 1.165) is 0 Å². The second kappa shape index (κ2) is 8.41. The zero-order valence-corrected chi connectivity index (χ0v) is 14.7. The van der Waals surface area contributed by atoms with Gasteiger partial charge >= 0.3 is 0 Å². The molecule has 0 atom stereocenters. The topological polar surface area (TPSA) is 52.0 Å². The van der Waals surface area contributed by atoms with E-state index in [4.69, 9.17) is 11.5 Å². The van der Waals surface area contributed by atoms with Gasteiger partial charge in [0.05, 0.1) is 11.4 Å². The molecule has 0 bridgehead atoms. The normalized spacial score (nSPS) is 9.05. The number of hydrogen-bond acceptors (Lipinski definition) is 4. The van der Waals surface area contributed by atoms with E-state index in [-0.39, 0.29) is 30.9 Å². The van der Waals surface area contributed by atoms with Gasteiger partial charge in [0.2, 0.25) is 0 Å². The molecule has 2 nitrogen and oxygen atoms in total. The van der Waals surface area contributed by atoms with Crippen LogP contribution in [0.5, 0.6) is 0 Å². The molecule has 0 heterocycles. The van der Waals surface area contributed by atoms with Gasteiger partial charge in [-0.25, -0.2) is 8.78 Å². The fourth-order valence-corrected chi connectivity index (χ4v) is 1.44. The van der Waals surface area contributed by atoms with E-state index in [9.17, 15) is 8.78 Å². The van der Waals surface area contributed by atoms with E-state index >= 15 is 0 Å². The van der Waals surface area contributed by atoms with Crippen molar-refractivity contribution < 1.29 is 28.3 Å². The molecule has 0 saturated heterocycles. The van der Waals surface area contributed by atoms with Crippen molar-refractivity contribution in [2.45, 2.75) is 9.79 Å². The Morgan fingerprint density at radius 1 is 0.737 bits per heavy atom. The first-order valence-corrected chi connectivity index (χ1v) is 5.78. The summed E-state index contributed by atoms with van der Waals surface area (Å²) in [7, 11) is 0. The van der Waals surface area contributed by atoms with E-state index in [2.05, 4.69) is 25.3 Å². The fourth-order valence-electron chi connectivity index (χ4n) is 1.05. The predicted octanol–water partition coefficient (Wildman–Crippen LogP) is 3.39. The van der Waals surface area contributed by atoms with Crippen molar-refractivity contribution in [2.24, 2.45) is 0 Å². The summed E-state index contributed by atoms with van der Waals surface area (Å²) in [5.74, 6) is -0.829. The van der Waals surface area contributed by atoms with E-state index in [0.29, 0.717) is 9.79 Å². The van der Waals surface area contributed by atoms with Crippen molar-refractivity contribution in [1.82, 2.24) is 0 Å². The van der Waals surface area contributed by atoms with Crippen LogP contribution in [0.25, 0.3) is 0 Å². The molecule has 19 heavy (non-hydrogen) atoms. The van der Waals surface area contributed by atoms with Gasteiger partial charge in [-0.1, -0.05) is 12.1 Å². The molecule has 7 heteroatoms. The maximum Gasteiger partial charge on any atom is 0.147 e. The summed E-state index contributed by atoms with van der Waals surface area (Å²) < 4.78 is 24.8. The minimum Gasteiger partial charge on any atom is -0.395 e. The largest absolute Gasteiger partial charge is 0.395 e. The molecule has 0 spiro atoms. The van der Waals surface area contributed by atoms with E-state index in [1.165, 1.54) is 12.1 Å². The third-order valence-electron chi connectivity index (χ3n) is 2.06. The number of rotatable bonds is 0. The average Bonchev–Trinajstić information content (AvgIpc) is 2.34. The van der Waals surface area contributed by atoms with Crippen LogP contribution in [-0.4, -0.2) is 0 Å². The van der Waals surface area contributed by atoms with Gasteiger partial charge < -0.3 is 11.5 Å². The Morgan fingerprint density at radius 2 is 1.05 bits per heavy atom. The van der Waals surface area contributed by atoms with Gasteiger partial charge in [-0.3, -0.25) is 0 Å². The molecule has 0 saturated carbocycles. The first-order chi connectivity index (χ1) is 8.43. The Kier molecular flexibility index (Phi) is 8.06. The van der Waals surface area contributed by atoms with Gasteiger partial charge in [-0.05, 0) is 24.3 Å². The van der Waals surface area contributed by atoms with Crippen molar-refractivity contribution in [1.29, 1.82) is 0 Å². The van der Waals surface area contributed by atoms with E-state index in [1.807, 2.05) is 0 Å². The predicted molar refractivity (Wildman–Crippen MR) is 76.1 cm³/mol. The SMILES string of the molecule is Nc1c(F)cccc1S.Nc1c(F)cccc1S.[Zn]. The van der Waals surface area contributed by atoms with Gasteiger partial charge in [0, 0.05) is 29.3 Å².